The SMILES string of the molecule is NC(N)=NCCCC(NC(=O)C(CO)NC(=O)C(Cc1ccccc1)NC(=O)C(N)Cc1cnc[nH]1)C(=O)O. The van der Waals surface area contributed by atoms with Crippen molar-refractivity contribution in [1.82, 2.24) is 25.9 Å². The van der Waals surface area contributed by atoms with E-state index in [0.29, 0.717) is 5.69 Å². The molecule has 0 bridgehead atoms. The topological polar surface area (TPSA) is 264 Å². The van der Waals surface area contributed by atoms with E-state index in [4.69, 9.17) is 17.2 Å². The number of aromatic amines is 1. The maximum absolute atomic E-state index is 13.2. The molecule has 15 nitrogen and oxygen atoms in total. The lowest BCUT2D eigenvalue weighted by molar-refractivity contribution is -0.142. The molecule has 2 rings (SSSR count). The normalized spacial score (nSPS) is 13.8. The minimum Gasteiger partial charge on any atom is -0.480 e. The van der Waals surface area contributed by atoms with Gasteiger partial charge in [-0.2, -0.15) is 0 Å². The Morgan fingerprint density at radius 2 is 1.59 bits per heavy atom. The summed E-state index contributed by atoms with van der Waals surface area (Å²) in [5.41, 5.74) is 17.8. The molecule has 0 radical (unpaired) electrons. The number of aliphatic hydroxyl groups is 1. The van der Waals surface area contributed by atoms with E-state index in [0.717, 1.165) is 5.56 Å². The van der Waals surface area contributed by atoms with E-state index >= 15 is 0 Å². The fraction of sp³-hybridized carbons (Fsp3) is 0.417. The molecule has 0 aliphatic heterocycles. The summed E-state index contributed by atoms with van der Waals surface area (Å²) in [5.74, 6) is -3.75. The van der Waals surface area contributed by atoms with Crippen molar-refractivity contribution in [2.75, 3.05) is 13.2 Å². The van der Waals surface area contributed by atoms with Crippen LogP contribution in [-0.4, -0.2) is 87.2 Å². The Bertz CT molecular complexity index is 1110. The van der Waals surface area contributed by atoms with Crippen molar-refractivity contribution in [2.45, 2.75) is 49.9 Å². The number of carbonyl (C=O) groups excluding carboxylic acids is 3. The number of nitrogens with one attached hydrogen (secondary N) is 4. The number of aliphatic hydroxyl groups excluding tert-OH is 1. The van der Waals surface area contributed by atoms with E-state index in [2.05, 4.69) is 30.9 Å². The average Bonchev–Trinajstić information content (AvgIpc) is 3.41. The number of aromatic nitrogens is 2. The predicted octanol–water partition coefficient (Wildman–Crippen LogP) is -2.89. The molecular weight excluding hydrogens is 510 g/mol. The van der Waals surface area contributed by atoms with Gasteiger partial charge in [0.25, 0.3) is 0 Å². The Labute approximate surface area is 224 Å². The minimum atomic E-state index is -1.48. The van der Waals surface area contributed by atoms with Crippen molar-refractivity contribution < 1.29 is 29.4 Å². The molecule has 0 fully saturated rings. The quantitative estimate of drug-likeness (QED) is 0.0590. The number of hydrogen-bond donors (Lipinski definition) is 9. The number of imidazole rings is 1. The zero-order chi connectivity index (χ0) is 28.8. The summed E-state index contributed by atoms with van der Waals surface area (Å²) in [6.07, 6.45) is 3.45. The molecule has 1 aromatic heterocycles. The second kappa shape index (κ2) is 15.7. The summed E-state index contributed by atoms with van der Waals surface area (Å²) < 4.78 is 0. The van der Waals surface area contributed by atoms with Gasteiger partial charge >= 0.3 is 5.97 Å². The van der Waals surface area contributed by atoms with Crippen LogP contribution in [0.15, 0.2) is 47.8 Å². The van der Waals surface area contributed by atoms with E-state index in [1.54, 1.807) is 30.3 Å². The van der Waals surface area contributed by atoms with Gasteiger partial charge in [-0.3, -0.25) is 19.4 Å². The molecule has 15 heteroatoms. The maximum Gasteiger partial charge on any atom is 0.326 e. The highest BCUT2D eigenvalue weighted by molar-refractivity contribution is 5.94. The first kappa shape index (κ1) is 30.7. The number of aliphatic carboxylic acids is 1. The number of carboxylic acid groups (broad SMARTS) is 1. The molecule has 0 aliphatic carbocycles. The lowest BCUT2D eigenvalue weighted by Gasteiger charge is -2.24. The van der Waals surface area contributed by atoms with Crippen LogP contribution in [0.25, 0.3) is 0 Å². The molecule has 3 amide bonds. The molecule has 2 aromatic rings. The van der Waals surface area contributed by atoms with Crippen LogP contribution in [0.1, 0.15) is 24.1 Å². The van der Waals surface area contributed by atoms with Gasteiger partial charge in [-0.25, -0.2) is 9.78 Å². The molecule has 212 valence electrons. The van der Waals surface area contributed by atoms with Crippen LogP contribution in [0.4, 0.5) is 0 Å². The largest absolute Gasteiger partial charge is 0.480 e. The molecule has 0 saturated heterocycles. The Hall–Kier alpha value is -4.50. The number of aliphatic imine (C=N–C) groups is 1. The summed E-state index contributed by atoms with van der Waals surface area (Å²) >= 11 is 0. The minimum absolute atomic E-state index is 0.00482. The van der Waals surface area contributed by atoms with Crippen LogP contribution < -0.4 is 33.2 Å². The van der Waals surface area contributed by atoms with Crippen molar-refractivity contribution in [3.05, 3.63) is 54.1 Å². The lowest BCUT2D eigenvalue weighted by Crippen LogP contribution is -2.58. The van der Waals surface area contributed by atoms with Gasteiger partial charge in [0.2, 0.25) is 17.7 Å². The number of benzene rings is 1. The second-order valence-corrected chi connectivity index (χ2v) is 8.73. The highest BCUT2D eigenvalue weighted by Gasteiger charge is 2.30. The molecule has 0 spiro atoms. The third-order valence-electron chi connectivity index (χ3n) is 5.62. The number of guanidine groups is 1. The Kier molecular flexibility index (Phi) is 12.4. The molecule has 39 heavy (non-hydrogen) atoms. The van der Waals surface area contributed by atoms with Crippen LogP contribution in [0.5, 0.6) is 0 Å². The second-order valence-electron chi connectivity index (χ2n) is 8.73. The molecule has 0 aliphatic rings. The van der Waals surface area contributed by atoms with Gasteiger partial charge in [0.1, 0.15) is 18.1 Å². The molecule has 4 unspecified atom stereocenters. The maximum atomic E-state index is 13.2. The first-order chi connectivity index (χ1) is 18.6. The smallest absolute Gasteiger partial charge is 0.326 e. The fourth-order valence-electron chi connectivity index (χ4n) is 3.56. The van der Waals surface area contributed by atoms with E-state index < -0.39 is 54.5 Å². The van der Waals surface area contributed by atoms with E-state index in [1.165, 1.54) is 12.5 Å². The van der Waals surface area contributed by atoms with Gasteiger partial charge in [0, 0.05) is 31.3 Å². The standard InChI is InChI=1S/C24H35N9O6/c25-16(10-15-11-28-13-30-15)20(35)32-18(9-14-5-2-1-3-6-14)21(36)33-19(12-34)22(37)31-17(23(38)39)7-4-8-29-24(26)27/h1-3,5-6,11,13,16-19,34H,4,7-10,12,25H2,(H,28,30)(H,31,37)(H,32,35)(H,33,36)(H,38,39)(H4,26,27,29). The molecule has 1 aromatic carbocycles. The van der Waals surface area contributed by atoms with Gasteiger partial charge in [0.15, 0.2) is 5.96 Å². The van der Waals surface area contributed by atoms with Crippen LogP contribution >= 0.6 is 0 Å². The molecular formula is C24H35N9O6. The molecule has 0 saturated carbocycles. The summed E-state index contributed by atoms with van der Waals surface area (Å²) in [7, 11) is 0. The Balaban J connectivity index is 2.08. The predicted molar refractivity (Wildman–Crippen MR) is 141 cm³/mol. The van der Waals surface area contributed by atoms with Crippen LogP contribution in [0, 0.1) is 0 Å². The zero-order valence-corrected chi connectivity index (χ0v) is 21.2. The summed E-state index contributed by atoms with van der Waals surface area (Å²) in [4.78, 5) is 60.7. The van der Waals surface area contributed by atoms with Gasteiger partial charge < -0.3 is 48.3 Å². The van der Waals surface area contributed by atoms with Gasteiger partial charge in [0.05, 0.1) is 19.0 Å². The van der Waals surface area contributed by atoms with Gasteiger partial charge in [-0.1, -0.05) is 30.3 Å². The van der Waals surface area contributed by atoms with Crippen molar-refractivity contribution in [3.63, 3.8) is 0 Å². The number of carbonyl (C=O) groups is 4. The highest BCUT2D eigenvalue weighted by Crippen LogP contribution is 2.06. The Morgan fingerprint density at radius 3 is 2.18 bits per heavy atom. The van der Waals surface area contributed by atoms with Gasteiger partial charge in [-0.05, 0) is 18.4 Å². The highest BCUT2D eigenvalue weighted by atomic mass is 16.4. The summed E-state index contributed by atoms with van der Waals surface area (Å²) in [5, 5.41) is 26.5. The van der Waals surface area contributed by atoms with Crippen molar-refractivity contribution in [2.24, 2.45) is 22.2 Å². The first-order valence-electron chi connectivity index (χ1n) is 12.2. The molecule has 12 N–H and O–H groups in total. The zero-order valence-electron chi connectivity index (χ0n) is 21.2. The molecule has 1 heterocycles. The number of hydrogen-bond acceptors (Lipinski definition) is 8. The summed E-state index contributed by atoms with van der Waals surface area (Å²) in [6, 6.07) is 3.90. The summed E-state index contributed by atoms with van der Waals surface area (Å²) in [6.45, 7) is -0.658. The van der Waals surface area contributed by atoms with Crippen molar-refractivity contribution in [1.29, 1.82) is 0 Å². The average molecular weight is 546 g/mol. The Morgan fingerprint density at radius 1 is 0.949 bits per heavy atom. The van der Waals surface area contributed by atoms with Crippen molar-refractivity contribution in [3.8, 4) is 0 Å². The van der Waals surface area contributed by atoms with Crippen LogP contribution in [-0.2, 0) is 32.0 Å². The first-order valence-corrected chi connectivity index (χ1v) is 12.2. The van der Waals surface area contributed by atoms with Crippen molar-refractivity contribution >= 4 is 29.7 Å². The monoisotopic (exact) mass is 545 g/mol. The van der Waals surface area contributed by atoms with Crippen LogP contribution in [0.3, 0.4) is 0 Å². The lowest BCUT2D eigenvalue weighted by atomic mass is 10.0. The van der Waals surface area contributed by atoms with Gasteiger partial charge in [-0.15, -0.1) is 0 Å². The number of nitrogens with zero attached hydrogens (tertiary/aromatic N) is 2. The van der Waals surface area contributed by atoms with E-state index in [-0.39, 0.29) is 38.2 Å². The number of amides is 3. The third kappa shape index (κ3) is 10.8. The van der Waals surface area contributed by atoms with E-state index in [9.17, 15) is 29.4 Å². The number of carboxylic acids is 1. The number of rotatable bonds is 16. The fourth-order valence-corrected chi connectivity index (χ4v) is 3.56. The van der Waals surface area contributed by atoms with E-state index in [1.807, 2.05) is 0 Å². The molecule has 4 atom stereocenters. The third-order valence-corrected chi connectivity index (χ3v) is 5.62. The number of nitrogens with two attached hydrogens (primary N) is 3. The van der Waals surface area contributed by atoms with Crippen LogP contribution in [0.2, 0.25) is 0 Å². The number of H-pyrrole nitrogens is 1.